The van der Waals surface area contributed by atoms with Gasteiger partial charge in [0.05, 0.1) is 11.8 Å². The Morgan fingerprint density at radius 3 is 2.39 bits per heavy atom. The standard InChI is InChI=1S/C15H13FN2/c16-14-8-4-5-9-15(14)18-13(11-17)10-12-6-2-1-3-7-12/h1-9,13,18H,10H2. The molecule has 0 amide bonds. The second kappa shape index (κ2) is 5.83. The fraction of sp³-hybridized carbons (Fsp3) is 0.133. The van der Waals surface area contributed by atoms with Crippen LogP contribution in [0.15, 0.2) is 54.6 Å². The Morgan fingerprint density at radius 1 is 1.06 bits per heavy atom. The molecule has 0 aliphatic rings. The Labute approximate surface area is 106 Å². The summed E-state index contributed by atoms with van der Waals surface area (Å²) in [6.07, 6.45) is 0.547. The van der Waals surface area contributed by atoms with Crippen molar-refractivity contribution in [2.75, 3.05) is 5.32 Å². The third-order valence-electron chi connectivity index (χ3n) is 2.64. The van der Waals surface area contributed by atoms with Gasteiger partial charge in [0, 0.05) is 6.42 Å². The van der Waals surface area contributed by atoms with E-state index in [-0.39, 0.29) is 5.82 Å². The molecule has 0 aromatic heterocycles. The average Bonchev–Trinajstić information content (AvgIpc) is 2.41. The third-order valence-corrected chi connectivity index (χ3v) is 2.64. The molecular formula is C15H13FN2. The molecule has 0 saturated carbocycles. The Kier molecular flexibility index (Phi) is 3.93. The number of rotatable bonds is 4. The maximum atomic E-state index is 13.5. The Balaban J connectivity index is 2.07. The zero-order valence-corrected chi connectivity index (χ0v) is 9.81. The van der Waals surface area contributed by atoms with Crippen LogP contribution >= 0.6 is 0 Å². The normalized spacial score (nSPS) is 11.6. The van der Waals surface area contributed by atoms with Crippen LogP contribution in [0.5, 0.6) is 0 Å². The van der Waals surface area contributed by atoms with Crippen LogP contribution in [0, 0.1) is 17.1 Å². The molecule has 90 valence electrons. The van der Waals surface area contributed by atoms with Crippen molar-refractivity contribution in [3.8, 4) is 6.07 Å². The van der Waals surface area contributed by atoms with Crippen molar-refractivity contribution in [3.63, 3.8) is 0 Å². The predicted octanol–water partition coefficient (Wildman–Crippen LogP) is 3.37. The first-order valence-electron chi connectivity index (χ1n) is 5.74. The molecule has 0 saturated heterocycles. The molecule has 2 nitrogen and oxygen atoms in total. The third kappa shape index (κ3) is 3.08. The molecule has 18 heavy (non-hydrogen) atoms. The number of benzene rings is 2. The summed E-state index contributed by atoms with van der Waals surface area (Å²) in [7, 11) is 0. The molecule has 3 heteroatoms. The van der Waals surface area contributed by atoms with Gasteiger partial charge in [0.2, 0.25) is 0 Å². The number of nitriles is 1. The number of hydrogen-bond donors (Lipinski definition) is 1. The molecule has 0 aliphatic heterocycles. The Bertz CT molecular complexity index is 546. The molecule has 0 fully saturated rings. The summed E-state index contributed by atoms with van der Waals surface area (Å²) in [5.74, 6) is -0.342. The second-order valence-electron chi connectivity index (χ2n) is 4.00. The minimum Gasteiger partial charge on any atom is -0.367 e. The lowest BCUT2D eigenvalue weighted by Gasteiger charge is -2.13. The minimum atomic E-state index is -0.440. The van der Waals surface area contributed by atoms with Crippen LogP contribution < -0.4 is 5.32 Å². The monoisotopic (exact) mass is 240 g/mol. The van der Waals surface area contributed by atoms with Crippen LogP contribution in [0.2, 0.25) is 0 Å². The first-order valence-corrected chi connectivity index (χ1v) is 5.74. The molecule has 0 aliphatic carbocycles. The van der Waals surface area contributed by atoms with Crippen molar-refractivity contribution in [2.24, 2.45) is 0 Å². The van der Waals surface area contributed by atoms with Crippen molar-refractivity contribution in [1.82, 2.24) is 0 Å². The lowest BCUT2D eigenvalue weighted by atomic mass is 10.1. The van der Waals surface area contributed by atoms with Gasteiger partial charge in [-0.05, 0) is 17.7 Å². The van der Waals surface area contributed by atoms with Gasteiger partial charge in [-0.25, -0.2) is 4.39 Å². The van der Waals surface area contributed by atoms with Crippen molar-refractivity contribution >= 4 is 5.69 Å². The van der Waals surface area contributed by atoms with Crippen LogP contribution in [0.25, 0.3) is 0 Å². The van der Waals surface area contributed by atoms with Crippen LogP contribution in [-0.2, 0) is 6.42 Å². The van der Waals surface area contributed by atoms with E-state index in [1.807, 2.05) is 30.3 Å². The molecule has 1 N–H and O–H groups in total. The van der Waals surface area contributed by atoms with Crippen LogP contribution in [0.3, 0.4) is 0 Å². The molecule has 2 rings (SSSR count). The second-order valence-corrected chi connectivity index (χ2v) is 4.00. The fourth-order valence-electron chi connectivity index (χ4n) is 1.74. The Morgan fingerprint density at radius 2 is 1.72 bits per heavy atom. The summed E-state index contributed by atoms with van der Waals surface area (Å²) in [5, 5.41) is 12.0. The number of para-hydroxylation sites is 1. The van der Waals surface area contributed by atoms with Gasteiger partial charge in [-0.1, -0.05) is 42.5 Å². The number of hydrogen-bond acceptors (Lipinski definition) is 2. The van der Waals surface area contributed by atoms with E-state index in [9.17, 15) is 4.39 Å². The molecule has 0 spiro atoms. The van der Waals surface area contributed by atoms with Crippen molar-refractivity contribution in [1.29, 1.82) is 5.26 Å². The van der Waals surface area contributed by atoms with Crippen LogP contribution in [0.1, 0.15) is 5.56 Å². The summed E-state index contributed by atoms with van der Waals surface area (Å²) >= 11 is 0. The smallest absolute Gasteiger partial charge is 0.146 e. The average molecular weight is 240 g/mol. The van der Waals surface area contributed by atoms with E-state index >= 15 is 0 Å². The van der Waals surface area contributed by atoms with E-state index < -0.39 is 6.04 Å². The van der Waals surface area contributed by atoms with Crippen molar-refractivity contribution in [3.05, 3.63) is 66.0 Å². The minimum absolute atomic E-state index is 0.342. The van der Waals surface area contributed by atoms with Crippen LogP contribution in [-0.4, -0.2) is 6.04 Å². The van der Waals surface area contributed by atoms with Gasteiger partial charge < -0.3 is 5.32 Å². The molecule has 0 radical (unpaired) electrons. The van der Waals surface area contributed by atoms with Crippen molar-refractivity contribution in [2.45, 2.75) is 12.5 Å². The predicted molar refractivity (Wildman–Crippen MR) is 69.6 cm³/mol. The van der Waals surface area contributed by atoms with Gasteiger partial charge in [-0.2, -0.15) is 5.26 Å². The molecule has 1 unspecified atom stereocenters. The number of nitrogens with one attached hydrogen (secondary N) is 1. The first kappa shape index (κ1) is 12.1. The molecule has 2 aromatic rings. The SMILES string of the molecule is N#CC(Cc1ccccc1)Nc1ccccc1F. The van der Waals surface area contributed by atoms with Crippen molar-refractivity contribution < 1.29 is 4.39 Å². The maximum absolute atomic E-state index is 13.5. The fourth-order valence-corrected chi connectivity index (χ4v) is 1.74. The summed E-state index contributed by atoms with van der Waals surface area (Å²) in [6, 6.07) is 17.8. The van der Waals surface area contributed by atoms with E-state index in [1.54, 1.807) is 18.2 Å². The van der Waals surface area contributed by atoms with E-state index in [4.69, 9.17) is 5.26 Å². The summed E-state index contributed by atoms with van der Waals surface area (Å²) < 4.78 is 13.5. The largest absolute Gasteiger partial charge is 0.367 e. The zero-order valence-electron chi connectivity index (χ0n) is 9.81. The molecular weight excluding hydrogens is 227 g/mol. The molecule has 0 bridgehead atoms. The summed E-state index contributed by atoms with van der Waals surface area (Å²) in [5.41, 5.74) is 1.41. The number of nitrogens with zero attached hydrogens (tertiary/aromatic N) is 1. The highest BCUT2D eigenvalue weighted by Crippen LogP contribution is 2.15. The lowest BCUT2D eigenvalue weighted by molar-refractivity contribution is 0.628. The lowest BCUT2D eigenvalue weighted by Crippen LogP contribution is -2.20. The first-order chi connectivity index (χ1) is 8.79. The topological polar surface area (TPSA) is 35.8 Å². The number of anilines is 1. The molecule has 1 atom stereocenters. The van der Waals surface area contributed by atoms with Gasteiger partial charge in [0.1, 0.15) is 11.9 Å². The highest BCUT2D eigenvalue weighted by Gasteiger charge is 2.10. The number of halogens is 1. The highest BCUT2D eigenvalue weighted by atomic mass is 19.1. The van der Waals surface area contributed by atoms with Gasteiger partial charge in [-0.3, -0.25) is 0 Å². The van der Waals surface area contributed by atoms with E-state index in [0.29, 0.717) is 12.1 Å². The quantitative estimate of drug-likeness (QED) is 0.889. The Hall–Kier alpha value is -2.34. The highest BCUT2D eigenvalue weighted by molar-refractivity contribution is 5.46. The van der Waals surface area contributed by atoms with Gasteiger partial charge in [-0.15, -0.1) is 0 Å². The zero-order chi connectivity index (χ0) is 12.8. The maximum Gasteiger partial charge on any atom is 0.146 e. The van der Waals surface area contributed by atoms with Gasteiger partial charge in [0.25, 0.3) is 0 Å². The van der Waals surface area contributed by atoms with E-state index in [2.05, 4.69) is 11.4 Å². The molecule has 0 heterocycles. The van der Waals surface area contributed by atoms with Gasteiger partial charge >= 0.3 is 0 Å². The van der Waals surface area contributed by atoms with Gasteiger partial charge in [0.15, 0.2) is 0 Å². The summed E-state index contributed by atoms with van der Waals surface area (Å²) in [4.78, 5) is 0. The van der Waals surface area contributed by atoms with E-state index in [0.717, 1.165) is 5.56 Å². The molecule has 2 aromatic carbocycles. The van der Waals surface area contributed by atoms with Crippen LogP contribution in [0.4, 0.5) is 10.1 Å². The summed E-state index contributed by atoms with van der Waals surface area (Å²) in [6.45, 7) is 0. The van der Waals surface area contributed by atoms with E-state index in [1.165, 1.54) is 6.07 Å².